The molecule has 0 heterocycles. The van der Waals surface area contributed by atoms with Crippen LogP contribution in [-0.4, -0.2) is 12.7 Å². The van der Waals surface area contributed by atoms with Crippen molar-refractivity contribution in [3.63, 3.8) is 0 Å². The Labute approximate surface area is 128 Å². The van der Waals surface area contributed by atoms with E-state index < -0.39 is 6.61 Å². The molecule has 0 aliphatic carbocycles. The number of anilines is 1. The summed E-state index contributed by atoms with van der Waals surface area (Å²) in [5, 5.41) is 3.38. The average molecular weight is 326 g/mol. The summed E-state index contributed by atoms with van der Waals surface area (Å²) in [6.07, 6.45) is 2.10. The first-order valence-electron chi connectivity index (χ1n) is 6.50. The number of nitrogens with one attached hydrogen (secondary N) is 1. The van der Waals surface area contributed by atoms with Crippen LogP contribution in [-0.2, 0) is 0 Å². The van der Waals surface area contributed by atoms with E-state index >= 15 is 0 Å². The van der Waals surface area contributed by atoms with Crippen molar-refractivity contribution in [3.05, 3.63) is 22.2 Å². The molecular formula is C14H19Cl2F2NO. The zero-order chi connectivity index (χ0) is 15.3. The number of hydrogen-bond donors (Lipinski definition) is 1. The third kappa shape index (κ3) is 5.71. The van der Waals surface area contributed by atoms with Gasteiger partial charge in [-0.3, -0.25) is 0 Å². The third-order valence-electron chi connectivity index (χ3n) is 2.80. The van der Waals surface area contributed by atoms with Crippen LogP contribution in [0.4, 0.5) is 14.5 Å². The molecule has 2 nitrogen and oxygen atoms in total. The van der Waals surface area contributed by atoms with Crippen LogP contribution in [0.15, 0.2) is 12.1 Å². The van der Waals surface area contributed by atoms with Gasteiger partial charge in [0.15, 0.2) is 5.75 Å². The molecule has 0 saturated heterocycles. The van der Waals surface area contributed by atoms with Crippen molar-refractivity contribution in [1.82, 2.24) is 0 Å². The maximum atomic E-state index is 12.2. The van der Waals surface area contributed by atoms with Gasteiger partial charge in [-0.25, -0.2) is 0 Å². The van der Waals surface area contributed by atoms with Gasteiger partial charge in [0.1, 0.15) is 0 Å². The summed E-state index contributed by atoms with van der Waals surface area (Å²) >= 11 is 11.8. The fourth-order valence-corrected chi connectivity index (χ4v) is 2.36. The Balaban J connectivity index is 2.73. The van der Waals surface area contributed by atoms with Gasteiger partial charge >= 0.3 is 6.61 Å². The van der Waals surface area contributed by atoms with Crippen molar-refractivity contribution in [1.29, 1.82) is 0 Å². The van der Waals surface area contributed by atoms with Crippen molar-refractivity contribution in [2.45, 2.75) is 46.3 Å². The monoisotopic (exact) mass is 325 g/mol. The lowest BCUT2D eigenvalue weighted by atomic mass is 10.0. The summed E-state index contributed by atoms with van der Waals surface area (Å²) in [4.78, 5) is 0. The molecule has 1 atom stereocenters. The zero-order valence-corrected chi connectivity index (χ0v) is 13.2. The van der Waals surface area contributed by atoms with Gasteiger partial charge in [0.25, 0.3) is 0 Å². The Morgan fingerprint density at radius 3 is 2.10 bits per heavy atom. The first kappa shape index (κ1) is 17.3. The molecule has 1 unspecified atom stereocenters. The topological polar surface area (TPSA) is 21.3 Å². The van der Waals surface area contributed by atoms with Crippen LogP contribution >= 0.6 is 23.2 Å². The highest BCUT2D eigenvalue weighted by molar-refractivity contribution is 6.37. The first-order chi connectivity index (χ1) is 9.29. The van der Waals surface area contributed by atoms with Gasteiger partial charge in [0, 0.05) is 11.7 Å². The minimum absolute atomic E-state index is 0.0661. The maximum absolute atomic E-state index is 12.2. The number of benzene rings is 1. The van der Waals surface area contributed by atoms with Crippen LogP contribution in [0.5, 0.6) is 5.75 Å². The smallest absolute Gasteiger partial charge is 0.387 e. The van der Waals surface area contributed by atoms with E-state index in [9.17, 15) is 8.78 Å². The van der Waals surface area contributed by atoms with Gasteiger partial charge in [-0.2, -0.15) is 8.78 Å². The van der Waals surface area contributed by atoms with Gasteiger partial charge in [-0.1, -0.05) is 37.0 Å². The summed E-state index contributed by atoms with van der Waals surface area (Å²) in [6, 6.07) is 3.32. The highest BCUT2D eigenvalue weighted by atomic mass is 35.5. The molecule has 1 rings (SSSR count). The van der Waals surface area contributed by atoms with Crippen LogP contribution in [0.1, 0.15) is 33.6 Å². The second kappa shape index (κ2) is 7.89. The Morgan fingerprint density at radius 1 is 1.10 bits per heavy atom. The van der Waals surface area contributed by atoms with Crippen LogP contribution in [0.3, 0.4) is 0 Å². The average Bonchev–Trinajstić information content (AvgIpc) is 2.31. The predicted molar refractivity (Wildman–Crippen MR) is 80.3 cm³/mol. The van der Waals surface area contributed by atoms with E-state index in [0.29, 0.717) is 11.6 Å². The molecule has 0 bridgehead atoms. The standard InChI is InChI=1S/C14H19Cl2F2NO/c1-8(2)4-5-9(3)19-10-6-11(15)13(12(16)7-10)20-14(17)18/h6-9,14,19H,4-5H2,1-3H3. The van der Waals surface area contributed by atoms with E-state index in [4.69, 9.17) is 23.2 Å². The molecule has 6 heteroatoms. The van der Waals surface area contributed by atoms with E-state index in [1.54, 1.807) is 0 Å². The van der Waals surface area contributed by atoms with Gasteiger partial charge in [-0.15, -0.1) is 0 Å². The predicted octanol–water partition coefficient (Wildman–Crippen LogP) is 5.83. The number of halogens is 4. The lowest BCUT2D eigenvalue weighted by Gasteiger charge is -2.18. The minimum Gasteiger partial charge on any atom is -0.432 e. The van der Waals surface area contributed by atoms with E-state index in [-0.39, 0.29) is 21.8 Å². The van der Waals surface area contributed by atoms with Crippen molar-refractivity contribution in [3.8, 4) is 5.75 Å². The van der Waals surface area contributed by atoms with Crippen molar-refractivity contribution >= 4 is 28.9 Å². The summed E-state index contributed by atoms with van der Waals surface area (Å²) in [5.41, 5.74) is 0.692. The van der Waals surface area contributed by atoms with Gasteiger partial charge in [0.05, 0.1) is 10.0 Å². The number of rotatable bonds is 7. The third-order valence-corrected chi connectivity index (χ3v) is 3.36. The molecule has 114 valence electrons. The molecule has 0 spiro atoms. The zero-order valence-electron chi connectivity index (χ0n) is 11.7. The van der Waals surface area contributed by atoms with Crippen molar-refractivity contribution < 1.29 is 13.5 Å². The Kier molecular flexibility index (Phi) is 6.83. The maximum Gasteiger partial charge on any atom is 0.387 e. The number of ether oxygens (including phenoxy) is 1. The Morgan fingerprint density at radius 2 is 1.65 bits per heavy atom. The Hall–Kier alpha value is -0.740. The molecule has 0 aliphatic rings. The van der Waals surface area contributed by atoms with Crippen LogP contribution < -0.4 is 10.1 Å². The second-order valence-corrected chi connectivity index (χ2v) is 5.98. The molecule has 0 aliphatic heterocycles. The van der Waals surface area contributed by atoms with E-state index in [2.05, 4.69) is 23.9 Å². The number of alkyl halides is 2. The van der Waals surface area contributed by atoms with Crippen LogP contribution in [0, 0.1) is 5.92 Å². The van der Waals surface area contributed by atoms with Crippen molar-refractivity contribution in [2.24, 2.45) is 5.92 Å². The van der Waals surface area contributed by atoms with Gasteiger partial charge in [-0.05, 0) is 37.8 Å². The van der Waals surface area contributed by atoms with Gasteiger partial charge in [0.2, 0.25) is 0 Å². The summed E-state index contributed by atoms with van der Waals surface area (Å²) in [6.45, 7) is 3.43. The molecule has 0 fully saturated rings. The summed E-state index contributed by atoms with van der Waals surface area (Å²) < 4.78 is 28.7. The molecule has 0 radical (unpaired) electrons. The largest absolute Gasteiger partial charge is 0.432 e. The molecule has 0 amide bonds. The fraction of sp³-hybridized carbons (Fsp3) is 0.571. The summed E-state index contributed by atoms with van der Waals surface area (Å²) in [7, 11) is 0. The van der Waals surface area contributed by atoms with E-state index in [0.717, 1.165) is 12.8 Å². The Bertz CT molecular complexity index is 418. The molecule has 1 aromatic carbocycles. The highest BCUT2D eigenvalue weighted by Crippen LogP contribution is 2.37. The molecule has 0 aromatic heterocycles. The lowest BCUT2D eigenvalue weighted by Crippen LogP contribution is -2.16. The SMILES string of the molecule is CC(C)CCC(C)Nc1cc(Cl)c(OC(F)F)c(Cl)c1. The van der Waals surface area contributed by atoms with Gasteiger partial charge < -0.3 is 10.1 Å². The molecule has 1 N–H and O–H groups in total. The van der Waals surface area contributed by atoms with Crippen LogP contribution in [0.25, 0.3) is 0 Å². The number of hydrogen-bond acceptors (Lipinski definition) is 2. The first-order valence-corrected chi connectivity index (χ1v) is 7.25. The molecule has 1 aromatic rings. The molecule has 0 saturated carbocycles. The fourth-order valence-electron chi connectivity index (χ4n) is 1.78. The summed E-state index contributed by atoms with van der Waals surface area (Å²) in [5.74, 6) is 0.442. The second-order valence-electron chi connectivity index (χ2n) is 5.16. The molecular weight excluding hydrogens is 307 g/mol. The van der Waals surface area contributed by atoms with E-state index in [1.807, 2.05) is 6.92 Å². The van der Waals surface area contributed by atoms with Crippen molar-refractivity contribution in [2.75, 3.05) is 5.32 Å². The molecule has 20 heavy (non-hydrogen) atoms. The quantitative estimate of drug-likeness (QED) is 0.680. The minimum atomic E-state index is -2.95. The normalized spacial score (nSPS) is 12.8. The van der Waals surface area contributed by atoms with Crippen LogP contribution in [0.2, 0.25) is 10.0 Å². The lowest BCUT2D eigenvalue weighted by molar-refractivity contribution is -0.0497. The van der Waals surface area contributed by atoms with E-state index in [1.165, 1.54) is 12.1 Å². The highest BCUT2D eigenvalue weighted by Gasteiger charge is 2.15.